The van der Waals surface area contributed by atoms with Gasteiger partial charge in [0.15, 0.2) is 0 Å². The van der Waals surface area contributed by atoms with Crippen LogP contribution in [0, 0.1) is 13.8 Å². The molecule has 0 saturated heterocycles. The summed E-state index contributed by atoms with van der Waals surface area (Å²) < 4.78 is 1.20. The minimum absolute atomic E-state index is 0.0938. The summed E-state index contributed by atoms with van der Waals surface area (Å²) in [6.45, 7) is 3.97. The fourth-order valence-corrected chi connectivity index (χ4v) is 3.02. The maximum atomic E-state index is 12.4. The molecule has 0 aliphatic rings. The smallest absolute Gasteiger partial charge is 0.277 e. The lowest BCUT2D eigenvalue weighted by atomic mass is 10.1. The van der Waals surface area contributed by atoms with Crippen LogP contribution in [0.15, 0.2) is 41.2 Å². The van der Waals surface area contributed by atoms with Crippen LogP contribution in [0.5, 0.6) is 0 Å². The molecule has 128 valence electrons. The van der Waals surface area contributed by atoms with Crippen LogP contribution in [0.25, 0.3) is 10.9 Å². The highest BCUT2D eigenvalue weighted by molar-refractivity contribution is 6.34. The maximum Gasteiger partial charge on any atom is 0.277 e. The van der Waals surface area contributed by atoms with E-state index in [2.05, 4.69) is 15.6 Å². The molecule has 0 fully saturated rings. The van der Waals surface area contributed by atoms with E-state index < -0.39 is 0 Å². The number of carbonyl (C=O) groups excluding carboxylic acids is 1. The van der Waals surface area contributed by atoms with Crippen LogP contribution in [-0.2, 0) is 11.3 Å². The lowest BCUT2D eigenvalue weighted by Gasteiger charge is -2.11. The summed E-state index contributed by atoms with van der Waals surface area (Å²) in [6.07, 6.45) is 0.0938. The molecule has 1 amide bonds. The Hall–Kier alpha value is -2.73. The van der Waals surface area contributed by atoms with E-state index in [1.807, 2.05) is 19.9 Å². The molecule has 1 heterocycles. The maximum absolute atomic E-state index is 12.4. The number of rotatable bonds is 4. The van der Waals surface area contributed by atoms with E-state index in [-0.39, 0.29) is 24.4 Å². The fraction of sp³-hybridized carbons (Fsp3) is 0.222. The molecule has 3 aromatic rings. The first kappa shape index (κ1) is 17.1. The molecule has 0 aliphatic carbocycles. The van der Waals surface area contributed by atoms with Gasteiger partial charge in [-0.05, 0) is 43.2 Å². The summed E-state index contributed by atoms with van der Waals surface area (Å²) in [5, 5.41) is 11.7. The highest BCUT2D eigenvalue weighted by Gasteiger charge is 2.11. The van der Waals surface area contributed by atoms with Crippen LogP contribution in [-0.4, -0.2) is 20.9 Å². The number of anilines is 1. The van der Waals surface area contributed by atoms with Gasteiger partial charge in [0.05, 0.1) is 22.6 Å². The Balaban J connectivity index is 1.73. The van der Waals surface area contributed by atoms with Gasteiger partial charge in [-0.2, -0.15) is 0 Å². The Kier molecular flexibility index (Phi) is 4.81. The number of nitrogens with one attached hydrogen (secondary N) is 1. The van der Waals surface area contributed by atoms with E-state index in [4.69, 9.17) is 11.6 Å². The second-order valence-corrected chi connectivity index (χ2v) is 6.28. The highest BCUT2D eigenvalue weighted by atomic mass is 35.5. The molecule has 3 rings (SSSR count). The van der Waals surface area contributed by atoms with Crippen molar-refractivity contribution >= 4 is 34.1 Å². The number of fused-ring (bicyclic) bond motifs is 1. The SMILES string of the molecule is Cc1cc(C)c(NC(=O)CCn2nnc3ccccc3c2=O)c(Cl)c1. The van der Waals surface area contributed by atoms with E-state index >= 15 is 0 Å². The summed E-state index contributed by atoms with van der Waals surface area (Å²) in [6, 6.07) is 10.7. The molecular weight excluding hydrogens is 340 g/mol. The minimum atomic E-state index is -0.261. The topological polar surface area (TPSA) is 76.9 Å². The van der Waals surface area contributed by atoms with Gasteiger partial charge < -0.3 is 5.32 Å². The predicted molar refractivity (Wildman–Crippen MR) is 98.0 cm³/mol. The van der Waals surface area contributed by atoms with Crippen LogP contribution in [0.4, 0.5) is 5.69 Å². The van der Waals surface area contributed by atoms with E-state index in [9.17, 15) is 9.59 Å². The molecule has 0 saturated carbocycles. The average molecular weight is 357 g/mol. The van der Waals surface area contributed by atoms with Gasteiger partial charge in [-0.1, -0.05) is 35.0 Å². The molecule has 0 bridgehead atoms. The standard InChI is InChI=1S/C18H17ClN4O2/c1-11-9-12(2)17(14(19)10-11)20-16(24)7-8-23-18(25)13-5-3-4-6-15(13)21-22-23/h3-6,9-10H,7-8H2,1-2H3,(H,20,24). The third-order valence-corrected chi connectivity index (χ3v) is 4.17. The first-order valence-corrected chi connectivity index (χ1v) is 8.22. The van der Waals surface area contributed by atoms with Gasteiger partial charge in [-0.25, -0.2) is 4.68 Å². The molecule has 6 nitrogen and oxygen atoms in total. The van der Waals surface area contributed by atoms with Crippen molar-refractivity contribution in [1.29, 1.82) is 0 Å². The largest absolute Gasteiger partial charge is 0.324 e. The zero-order valence-electron chi connectivity index (χ0n) is 13.9. The monoisotopic (exact) mass is 356 g/mol. The van der Waals surface area contributed by atoms with Crippen molar-refractivity contribution in [3.8, 4) is 0 Å². The van der Waals surface area contributed by atoms with Gasteiger partial charge in [0, 0.05) is 6.42 Å². The van der Waals surface area contributed by atoms with Crippen molar-refractivity contribution in [3.63, 3.8) is 0 Å². The minimum Gasteiger partial charge on any atom is -0.324 e. The van der Waals surface area contributed by atoms with Gasteiger partial charge in [-0.15, -0.1) is 5.10 Å². The van der Waals surface area contributed by atoms with Crippen molar-refractivity contribution < 1.29 is 4.79 Å². The molecule has 0 radical (unpaired) electrons. The van der Waals surface area contributed by atoms with E-state index in [1.165, 1.54) is 4.68 Å². The Morgan fingerprint density at radius 1 is 1.24 bits per heavy atom. The number of halogens is 1. The van der Waals surface area contributed by atoms with Gasteiger partial charge in [-0.3, -0.25) is 9.59 Å². The lowest BCUT2D eigenvalue weighted by molar-refractivity contribution is -0.116. The number of aromatic nitrogens is 3. The summed E-state index contributed by atoms with van der Waals surface area (Å²) in [7, 11) is 0. The summed E-state index contributed by atoms with van der Waals surface area (Å²) >= 11 is 6.19. The number of hydrogen-bond donors (Lipinski definition) is 1. The van der Waals surface area contributed by atoms with Gasteiger partial charge >= 0.3 is 0 Å². The van der Waals surface area contributed by atoms with Gasteiger partial charge in [0.1, 0.15) is 5.52 Å². The second-order valence-electron chi connectivity index (χ2n) is 5.87. The molecule has 1 aromatic heterocycles. The predicted octanol–water partition coefficient (Wildman–Crippen LogP) is 3.09. The molecule has 7 heteroatoms. The Labute approximate surface area is 149 Å². The summed E-state index contributed by atoms with van der Waals surface area (Å²) in [4.78, 5) is 24.6. The number of hydrogen-bond acceptors (Lipinski definition) is 4. The van der Waals surface area contributed by atoms with Crippen LogP contribution in [0.1, 0.15) is 17.5 Å². The Morgan fingerprint density at radius 2 is 2.00 bits per heavy atom. The molecule has 0 spiro atoms. The van der Waals surface area contributed by atoms with Crippen molar-refractivity contribution in [1.82, 2.24) is 15.0 Å². The zero-order chi connectivity index (χ0) is 18.0. The number of benzene rings is 2. The summed E-state index contributed by atoms with van der Waals surface area (Å²) in [5.41, 5.74) is 2.78. The normalized spacial score (nSPS) is 10.8. The second kappa shape index (κ2) is 7.03. The van der Waals surface area contributed by atoms with E-state index in [1.54, 1.807) is 30.3 Å². The number of amides is 1. The van der Waals surface area contributed by atoms with Crippen molar-refractivity contribution in [2.24, 2.45) is 0 Å². The molecule has 0 atom stereocenters. The van der Waals surface area contributed by atoms with Gasteiger partial charge in [0.2, 0.25) is 5.91 Å². The average Bonchev–Trinajstić information content (AvgIpc) is 2.58. The molecular formula is C18H17ClN4O2. The van der Waals surface area contributed by atoms with Crippen LogP contribution < -0.4 is 10.9 Å². The summed E-state index contributed by atoms with van der Waals surface area (Å²) in [5.74, 6) is -0.240. The fourth-order valence-electron chi connectivity index (χ4n) is 2.65. The molecule has 0 unspecified atom stereocenters. The molecule has 0 aliphatic heterocycles. The van der Waals surface area contributed by atoms with E-state index in [0.717, 1.165) is 11.1 Å². The first-order chi connectivity index (χ1) is 12.0. The van der Waals surface area contributed by atoms with Crippen molar-refractivity contribution in [2.75, 3.05) is 5.32 Å². The van der Waals surface area contributed by atoms with E-state index in [0.29, 0.717) is 21.6 Å². The van der Waals surface area contributed by atoms with Crippen LogP contribution in [0.3, 0.4) is 0 Å². The third-order valence-electron chi connectivity index (χ3n) is 3.88. The van der Waals surface area contributed by atoms with Crippen LogP contribution in [0.2, 0.25) is 5.02 Å². The van der Waals surface area contributed by atoms with Crippen LogP contribution >= 0.6 is 11.6 Å². The lowest BCUT2D eigenvalue weighted by Crippen LogP contribution is -2.26. The Bertz CT molecular complexity index is 990. The number of aryl methyl sites for hydroxylation is 3. The third kappa shape index (κ3) is 3.69. The quantitative estimate of drug-likeness (QED) is 0.779. The van der Waals surface area contributed by atoms with Crippen molar-refractivity contribution in [2.45, 2.75) is 26.8 Å². The molecule has 25 heavy (non-hydrogen) atoms. The van der Waals surface area contributed by atoms with Crippen molar-refractivity contribution in [3.05, 3.63) is 62.9 Å². The first-order valence-electron chi connectivity index (χ1n) is 7.85. The molecule has 2 aromatic carbocycles. The van der Waals surface area contributed by atoms with Gasteiger partial charge in [0.25, 0.3) is 5.56 Å². The highest BCUT2D eigenvalue weighted by Crippen LogP contribution is 2.27. The number of nitrogens with zero attached hydrogens (tertiary/aromatic N) is 3. The zero-order valence-corrected chi connectivity index (χ0v) is 14.7. The number of carbonyl (C=O) groups is 1. The molecule has 1 N–H and O–H groups in total. The Morgan fingerprint density at radius 3 is 2.76 bits per heavy atom.